The zero-order valence-electron chi connectivity index (χ0n) is 8.73. The van der Waals surface area contributed by atoms with Gasteiger partial charge in [-0.2, -0.15) is 0 Å². The summed E-state index contributed by atoms with van der Waals surface area (Å²) in [5, 5.41) is 1.82. The normalized spacial score (nSPS) is 11.0. The molecule has 2 aromatic rings. The lowest BCUT2D eigenvalue weighted by molar-refractivity contribution is 1.06. The number of rotatable bonds is 0. The molecule has 0 saturated heterocycles. The van der Waals surface area contributed by atoms with Crippen LogP contribution in [0, 0.1) is 24.5 Å². The number of aryl methyl sites for hydroxylation is 2. The van der Waals surface area contributed by atoms with E-state index < -0.39 is 0 Å². The van der Waals surface area contributed by atoms with Crippen molar-refractivity contribution < 1.29 is 0 Å². The molecule has 0 aliphatic carbocycles. The fourth-order valence-corrected chi connectivity index (χ4v) is 2.56. The highest BCUT2D eigenvalue weighted by atomic mass is 127. The number of halogens is 2. The third-order valence-electron chi connectivity index (χ3n) is 2.56. The van der Waals surface area contributed by atoms with Crippen LogP contribution in [0.4, 0.5) is 0 Å². The van der Waals surface area contributed by atoms with Crippen molar-refractivity contribution in [3.8, 4) is 0 Å². The number of benzene rings is 1. The molecule has 0 bridgehead atoms. The Kier molecular flexibility index (Phi) is 2.85. The van der Waals surface area contributed by atoms with Crippen molar-refractivity contribution in [1.29, 1.82) is 0 Å². The number of hydrogen-bond acceptors (Lipinski definition) is 2. The Balaban J connectivity index is 2.98. The van der Waals surface area contributed by atoms with Gasteiger partial charge >= 0.3 is 0 Å². The monoisotopic (exact) mass is 332 g/mol. The van der Waals surface area contributed by atoms with E-state index in [1.165, 1.54) is 0 Å². The second-order valence-corrected chi connectivity index (χ2v) is 5.00. The van der Waals surface area contributed by atoms with Gasteiger partial charge in [-0.05, 0) is 60.6 Å². The molecule has 78 valence electrons. The second-order valence-electron chi connectivity index (χ2n) is 3.57. The van der Waals surface area contributed by atoms with Gasteiger partial charge in [0.25, 0.3) is 0 Å². The first-order valence-corrected chi connectivity index (χ1v) is 6.06. The minimum Gasteiger partial charge on any atom is -0.233 e. The number of nitrogens with zero attached hydrogens (tertiary/aromatic N) is 2. The summed E-state index contributed by atoms with van der Waals surface area (Å²) in [5.74, 6) is 0.803. The minimum atomic E-state index is 0.783. The topological polar surface area (TPSA) is 25.8 Å². The van der Waals surface area contributed by atoms with Gasteiger partial charge in [-0.3, -0.25) is 0 Å². The van der Waals surface area contributed by atoms with Crippen molar-refractivity contribution in [3.63, 3.8) is 0 Å². The van der Waals surface area contributed by atoms with Crippen LogP contribution in [0.3, 0.4) is 0 Å². The Morgan fingerprint density at radius 3 is 2.47 bits per heavy atom. The van der Waals surface area contributed by atoms with Crippen molar-refractivity contribution in [1.82, 2.24) is 9.97 Å². The van der Waals surface area contributed by atoms with Crippen LogP contribution < -0.4 is 0 Å². The highest BCUT2D eigenvalue weighted by Crippen LogP contribution is 2.28. The van der Waals surface area contributed by atoms with Crippen molar-refractivity contribution in [2.24, 2.45) is 0 Å². The summed E-state index contributed by atoms with van der Waals surface area (Å²) in [4.78, 5) is 8.79. The van der Waals surface area contributed by atoms with E-state index in [2.05, 4.69) is 32.6 Å². The maximum atomic E-state index is 6.15. The molecule has 1 heterocycles. The number of aromatic nitrogens is 2. The quantitative estimate of drug-likeness (QED) is 0.541. The van der Waals surface area contributed by atoms with E-state index in [4.69, 9.17) is 11.6 Å². The minimum absolute atomic E-state index is 0.783. The first-order chi connectivity index (χ1) is 7.00. The van der Waals surface area contributed by atoms with Gasteiger partial charge in [0, 0.05) is 10.4 Å². The highest BCUT2D eigenvalue weighted by Gasteiger charge is 2.10. The van der Waals surface area contributed by atoms with Gasteiger partial charge < -0.3 is 0 Å². The summed E-state index contributed by atoms with van der Waals surface area (Å²) in [5.41, 5.74) is 3.24. The van der Waals surface area contributed by atoms with E-state index in [9.17, 15) is 0 Å². The molecule has 0 spiro atoms. The Morgan fingerprint density at radius 2 is 1.80 bits per heavy atom. The molecule has 0 radical (unpaired) electrons. The first-order valence-electron chi connectivity index (χ1n) is 4.60. The zero-order chi connectivity index (χ0) is 11.2. The molecule has 4 heteroatoms. The molecule has 0 aliphatic rings. The smallest absolute Gasteiger partial charge is 0.127 e. The second kappa shape index (κ2) is 3.87. The van der Waals surface area contributed by atoms with Crippen LogP contribution in [0.15, 0.2) is 6.07 Å². The summed E-state index contributed by atoms with van der Waals surface area (Å²) in [6, 6.07) is 1.94. The van der Waals surface area contributed by atoms with Crippen LogP contribution in [0.5, 0.6) is 0 Å². The molecule has 0 atom stereocenters. The van der Waals surface area contributed by atoms with E-state index in [-0.39, 0.29) is 0 Å². The summed E-state index contributed by atoms with van der Waals surface area (Å²) < 4.78 is 0.958. The van der Waals surface area contributed by atoms with Crippen LogP contribution in [-0.2, 0) is 0 Å². The van der Waals surface area contributed by atoms with E-state index in [1.54, 1.807) is 0 Å². The number of fused-ring (bicyclic) bond motifs is 1. The summed E-state index contributed by atoms with van der Waals surface area (Å²) in [6.45, 7) is 5.97. The number of hydrogen-bond donors (Lipinski definition) is 0. The van der Waals surface area contributed by atoms with Gasteiger partial charge in [-0.25, -0.2) is 9.97 Å². The van der Waals surface area contributed by atoms with E-state index in [1.807, 2.05) is 26.8 Å². The van der Waals surface area contributed by atoms with Crippen LogP contribution in [0.1, 0.15) is 17.0 Å². The molecule has 0 saturated carbocycles. The van der Waals surface area contributed by atoms with Gasteiger partial charge in [-0.1, -0.05) is 11.6 Å². The van der Waals surface area contributed by atoms with Crippen molar-refractivity contribution in [2.45, 2.75) is 20.8 Å². The molecular formula is C11H10ClIN2. The molecule has 1 aromatic carbocycles. The average molecular weight is 333 g/mol. The highest BCUT2D eigenvalue weighted by molar-refractivity contribution is 14.1. The van der Waals surface area contributed by atoms with Crippen molar-refractivity contribution >= 4 is 45.1 Å². The molecule has 0 aliphatic heterocycles. The summed E-state index contributed by atoms with van der Waals surface area (Å²) in [7, 11) is 0. The van der Waals surface area contributed by atoms with Gasteiger partial charge in [0.15, 0.2) is 0 Å². The summed E-state index contributed by atoms with van der Waals surface area (Å²) >= 11 is 8.36. The third kappa shape index (κ3) is 1.83. The molecule has 1 aromatic heterocycles. The van der Waals surface area contributed by atoms with Gasteiger partial charge in [0.05, 0.1) is 5.52 Å². The molecule has 0 fully saturated rings. The van der Waals surface area contributed by atoms with Crippen LogP contribution >= 0.6 is 34.2 Å². The zero-order valence-corrected chi connectivity index (χ0v) is 11.6. The van der Waals surface area contributed by atoms with E-state index in [0.29, 0.717) is 0 Å². The maximum absolute atomic E-state index is 6.15. The largest absolute Gasteiger partial charge is 0.233 e. The lowest BCUT2D eigenvalue weighted by Gasteiger charge is -2.09. The average Bonchev–Trinajstić information content (AvgIpc) is 2.17. The molecule has 0 unspecified atom stereocenters. The SMILES string of the molecule is Cc1nc(I)c2cc(Cl)c(C)c(C)c2n1. The van der Waals surface area contributed by atoms with Gasteiger partial charge in [0.2, 0.25) is 0 Å². The molecule has 0 N–H and O–H groups in total. The fraction of sp³-hybridized carbons (Fsp3) is 0.273. The molecular weight excluding hydrogens is 322 g/mol. The molecule has 2 rings (SSSR count). The van der Waals surface area contributed by atoms with E-state index in [0.717, 1.165) is 36.6 Å². The van der Waals surface area contributed by atoms with Crippen molar-refractivity contribution in [3.05, 3.63) is 31.7 Å². The standard InChI is InChI=1S/C11H10ClIN2/c1-5-6(2)10-8(4-9(5)12)11(13)15-7(3)14-10/h4H,1-3H3. The van der Waals surface area contributed by atoms with Gasteiger partial charge in [0.1, 0.15) is 9.53 Å². The molecule has 0 amide bonds. The predicted octanol–water partition coefficient (Wildman–Crippen LogP) is 3.81. The summed E-state index contributed by atoms with van der Waals surface area (Å²) in [6.07, 6.45) is 0. The van der Waals surface area contributed by atoms with Crippen LogP contribution in [0.25, 0.3) is 10.9 Å². The van der Waals surface area contributed by atoms with Crippen LogP contribution in [-0.4, -0.2) is 9.97 Å². The first kappa shape index (κ1) is 11.1. The lowest BCUT2D eigenvalue weighted by atomic mass is 10.1. The maximum Gasteiger partial charge on any atom is 0.127 e. The Labute approximate surface area is 107 Å². The van der Waals surface area contributed by atoms with Crippen LogP contribution in [0.2, 0.25) is 5.02 Å². The lowest BCUT2D eigenvalue weighted by Crippen LogP contribution is -1.97. The Bertz CT molecular complexity index is 552. The Hall–Kier alpha value is -0.420. The molecule has 15 heavy (non-hydrogen) atoms. The predicted molar refractivity (Wildman–Crippen MR) is 71.5 cm³/mol. The third-order valence-corrected chi connectivity index (χ3v) is 3.77. The van der Waals surface area contributed by atoms with Crippen molar-refractivity contribution in [2.75, 3.05) is 0 Å². The Morgan fingerprint density at radius 1 is 1.13 bits per heavy atom. The van der Waals surface area contributed by atoms with E-state index >= 15 is 0 Å². The molecule has 2 nitrogen and oxygen atoms in total. The fourth-order valence-electron chi connectivity index (χ4n) is 1.55. The van der Waals surface area contributed by atoms with Gasteiger partial charge in [-0.15, -0.1) is 0 Å².